The van der Waals surface area contributed by atoms with Gasteiger partial charge in [0.15, 0.2) is 0 Å². The van der Waals surface area contributed by atoms with Crippen LogP contribution in [0.4, 0.5) is 0 Å². The molecule has 1 atom stereocenters. The molecule has 4 rings (SSSR count). The van der Waals surface area contributed by atoms with Crippen molar-refractivity contribution in [1.29, 1.82) is 0 Å². The van der Waals surface area contributed by atoms with Crippen LogP contribution in [0.1, 0.15) is 56.2 Å². The average Bonchev–Trinajstić information content (AvgIpc) is 3.52. The van der Waals surface area contributed by atoms with Crippen LogP contribution in [0.3, 0.4) is 0 Å². The highest BCUT2D eigenvalue weighted by molar-refractivity contribution is 7.99. The summed E-state index contributed by atoms with van der Waals surface area (Å²) in [5, 5.41) is 12.9. The van der Waals surface area contributed by atoms with Gasteiger partial charge in [-0.15, -0.1) is 5.10 Å². The number of carbonyl (C=O) groups is 1. The Labute approximate surface area is 174 Å². The minimum atomic E-state index is -0.000947. The SMILES string of the molecule is COc1ccc(OC)c(C2CCCN2C(=O)CSc2nnnn2C2CCCC2)c1. The number of tetrazole rings is 1. The van der Waals surface area contributed by atoms with E-state index in [4.69, 9.17) is 9.47 Å². The van der Waals surface area contributed by atoms with Gasteiger partial charge in [-0.25, -0.2) is 4.68 Å². The number of nitrogens with zero attached hydrogens (tertiary/aromatic N) is 5. The van der Waals surface area contributed by atoms with Crippen LogP contribution >= 0.6 is 11.8 Å². The maximum atomic E-state index is 13.1. The first-order valence-electron chi connectivity index (χ1n) is 10.1. The van der Waals surface area contributed by atoms with E-state index in [-0.39, 0.29) is 11.9 Å². The van der Waals surface area contributed by atoms with E-state index < -0.39 is 0 Å². The number of thioether (sulfide) groups is 1. The van der Waals surface area contributed by atoms with Gasteiger partial charge < -0.3 is 14.4 Å². The summed E-state index contributed by atoms with van der Waals surface area (Å²) in [7, 11) is 3.31. The Bertz CT molecular complexity index is 852. The van der Waals surface area contributed by atoms with Crippen molar-refractivity contribution in [2.45, 2.75) is 55.8 Å². The van der Waals surface area contributed by atoms with Crippen molar-refractivity contribution in [3.63, 3.8) is 0 Å². The molecular formula is C20H27N5O3S. The lowest BCUT2D eigenvalue weighted by Crippen LogP contribution is -2.32. The maximum absolute atomic E-state index is 13.1. The number of carbonyl (C=O) groups excluding carboxylic acids is 1. The lowest BCUT2D eigenvalue weighted by molar-refractivity contribution is -0.129. The van der Waals surface area contributed by atoms with Gasteiger partial charge in [0.2, 0.25) is 11.1 Å². The van der Waals surface area contributed by atoms with Crippen molar-refractivity contribution in [3.05, 3.63) is 23.8 Å². The van der Waals surface area contributed by atoms with E-state index in [2.05, 4.69) is 15.5 Å². The van der Waals surface area contributed by atoms with E-state index in [0.717, 1.165) is 54.4 Å². The third-order valence-electron chi connectivity index (χ3n) is 5.83. The minimum absolute atomic E-state index is 0.000947. The Balaban J connectivity index is 1.46. The highest BCUT2D eigenvalue weighted by atomic mass is 32.2. The second kappa shape index (κ2) is 9.02. The standard InChI is InChI=1S/C20H27N5O3S/c1-27-15-9-10-18(28-2)16(12-15)17-8-5-11-24(17)19(26)13-29-20-21-22-23-25(20)14-6-3-4-7-14/h9-10,12,14,17H,3-8,11,13H2,1-2H3. The fourth-order valence-electron chi connectivity index (χ4n) is 4.36. The second-order valence-electron chi connectivity index (χ2n) is 7.49. The molecule has 1 aliphatic carbocycles. The molecular weight excluding hydrogens is 390 g/mol. The summed E-state index contributed by atoms with van der Waals surface area (Å²) in [6.07, 6.45) is 6.53. The summed E-state index contributed by atoms with van der Waals surface area (Å²) in [5.74, 6) is 1.98. The molecule has 29 heavy (non-hydrogen) atoms. The summed E-state index contributed by atoms with van der Waals surface area (Å²) < 4.78 is 12.8. The van der Waals surface area contributed by atoms with Gasteiger partial charge in [-0.3, -0.25) is 4.79 Å². The highest BCUT2D eigenvalue weighted by Gasteiger charge is 2.32. The van der Waals surface area contributed by atoms with Crippen molar-refractivity contribution in [1.82, 2.24) is 25.1 Å². The number of benzene rings is 1. The molecule has 0 radical (unpaired) electrons. The van der Waals surface area contributed by atoms with Crippen LogP contribution in [0.15, 0.2) is 23.4 Å². The fraction of sp³-hybridized carbons (Fsp3) is 0.600. The number of ether oxygens (including phenoxy) is 2. The third kappa shape index (κ3) is 4.19. The Hall–Kier alpha value is -2.29. The molecule has 0 N–H and O–H groups in total. The van der Waals surface area contributed by atoms with Crippen molar-refractivity contribution >= 4 is 17.7 Å². The van der Waals surface area contributed by atoms with Gasteiger partial charge in [-0.2, -0.15) is 0 Å². The highest BCUT2D eigenvalue weighted by Crippen LogP contribution is 2.39. The first-order valence-corrected chi connectivity index (χ1v) is 11.1. The third-order valence-corrected chi connectivity index (χ3v) is 6.75. The van der Waals surface area contributed by atoms with E-state index in [1.807, 2.05) is 27.8 Å². The number of aromatic nitrogens is 4. The lowest BCUT2D eigenvalue weighted by Gasteiger charge is -2.26. The Morgan fingerprint density at radius 1 is 1.17 bits per heavy atom. The van der Waals surface area contributed by atoms with Crippen LogP contribution in [-0.2, 0) is 4.79 Å². The van der Waals surface area contributed by atoms with E-state index in [9.17, 15) is 4.79 Å². The largest absolute Gasteiger partial charge is 0.497 e. The Morgan fingerprint density at radius 2 is 2.00 bits per heavy atom. The van der Waals surface area contributed by atoms with Gasteiger partial charge in [-0.1, -0.05) is 24.6 Å². The summed E-state index contributed by atoms with van der Waals surface area (Å²) in [6, 6.07) is 6.12. The molecule has 8 nitrogen and oxygen atoms in total. The molecule has 9 heteroatoms. The topological polar surface area (TPSA) is 82.4 Å². The number of amides is 1. The molecule has 1 saturated heterocycles. The molecule has 0 spiro atoms. The van der Waals surface area contributed by atoms with Gasteiger partial charge in [0.25, 0.3) is 0 Å². The zero-order chi connectivity index (χ0) is 20.2. The molecule has 2 heterocycles. The molecule has 1 aromatic heterocycles. The van der Waals surface area contributed by atoms with Crippen LogP contribution in [0.25, 0.3) is 0 Å². The number of hydrogen-bond acceptors (Lipinski definition) is 7. The van der Waals surface area contributed by atoms with Gasteiger partial charge in [0.05, 0.1) is 32.1 Å². The van der Waals surface area contributed by atoms with Crippen molar-refractivity contribution < 1.29 is 14.3 Å². The average molecular weight is 418 g/mol. The van der Waals surface area contributed by atoms with Crippen molar-refractivity contribution in [2.75, 3.05) is 26.5 Å². The van der Waals surface area contributed by atoms with E-state index in [1.54, 1.807) is 14.2 Å². The monoisotopic (exact) mass is 417 g/mol. The Morgan fingerprint density at radius 3 is 2.76 bits per heavy atom. The molecule has 156 valence electrons. The van der Waals surface area contributed by atoms with Crippen LogP contribution in [-0.4, -0.2) is 57.5 Å². The lowest BCUT2D eigenvalue weighted by atomic mass is 10.0. The molecule has 2 aromatic rings. The van der Waals surface area contributed by atoms with E-state index >= 15 is 0 Å². The van der Waals surface area contributed by atoms with Gasteiger partial charge in [0.1, 0.15) is 11.5 Å². The number of likely N-dealkylation sites (tertiary alicyclic amines) is 1. The first kappa shape index (κ1) is 20.0. The van der Waals surface area contributed by atoms with Crippen molar-refractivity contribution in [2.24, 2.45) is 0 Å². The minimum Gasteiger partial charge on any atom is -0.497 e. The quantitative estimate of drug-likeness (QED) is 0.640. The van der Waals surface area contributed by atoms with Gasteiger partial charge in [0, 0.05) is 12.1 Å². The number of rotatable bonds is 7. The molecule has 1 saturated carbocycles. The molecule has 1 unspecified atom stereocenters. The van der Waals surface area contributed by atoms with Gasteiger partial charge >= 0.3 is 0 Å². The van der Waals surface area contributed by atoms with E-state index in [0.29, 0.717) is 11.8 Å². The normalized spacial score (nSPS) is 19.7. The van der Waals surface area contributed by atoms with Crippen molar-refractivity contribution in [3.8, 4) is 11.5 Å². The van der Waals surface area contributed by atoms with E-state index in [1.165, 1.54) is 24.6 Å². The van der Waals surface area contributed by atoms with Crippen LogP contribution in [0, 0.1) is 0 Å². The predicted octanol–water partition coefficient (Wildman–Crippen LogP) is 3.26. The van der Waals surface area contributed by atoms with Crippen LogP contribution in [0.5, 0.6) is 11.5 Å². The summed E-state index contributed by atoms with van der Waals surface area (Å²) in [6.45, 7) is 0.748. The molecule has 2 fully saturated rings. The molecule has 2 aliphatic rings. The second-order valence-corrected chi connectivity index (χ2v) is 8.43. The predicted molar refractivity (Wildman–Crippen MR) is 109 cm³/mol. The van der Waals surface area contributed by atoms with Crippen LogP contribution < -0.4 is 9.47 Å². The molecule has 1 aromatic carbocycles. The molecule has 1 aliphatic heterocycles. The Kier molecular flexibility index (Phi) is 6.22. The fourth-order valence-corrected chi connectivity index (χ4v) is 5.19. The molecule has 0 bridgehead atoms. The smallest absolute Gasteiger partial charge is 0.233 e. The summed E-state index contributed by atoms with van der Waals surface area (Å²) in [4.78, 5) is 15.0. The van der Waals surface area contributed by atoms with Gasteiger partial charge in [-0.05, 0) is 54.3 Å². The number of methoxy groups -OCH3 is 2. The number of hydrogen-bond donors (Lipinski definition) is 0. The molecule has 1 amide bonds. The maximum Gasteiger partial charge on any atom is 0.233 e. The zero-order valence-electron chi connectivity index (χ0n) is 16.9. The first-order chi connectivity index (χ1) is 14.2. The summed E-state index contributed by atoms with van der Waals surface area (Å²) >= 11 is 1.43. The van der Waals surface area contributed by atoms with Crippen LogP contribution in [0.2, 0.25) is 0 Å². The summed E-state index contributed by atoms with van der Waals surface area (Å²) in [5.41, 5.74) is 0.999. The zero-order valence-corrected chi connectivity index (χ0v) is 17.7.